The molecule has 2 unspecified atom stereocenters. The highest BCUT2D eigenvalue weighted by molar-refractivity contribution is 7.99. The molecular weight excluding hydrogens is 370 g/mol. The van der Waals surface area contributed by atoms with Crippen LogP contribution in [0.3, 0.4) is 0 Å². The van der Waals surface area contributed by atoms with Gasteiger partial charge in [-0.25, -0.2) is 0 Å². The van der Waals surface area contributed by atoms with Crippen molar-refractivity contribution in [1.29, 1.82) is 0 Å². The Morgan fingerprint density at radius 3 is 2.50 bits per heavy atom. The van der Waals surface area contributed by atoms with E-state index in [0.717, 1.165) is 69.9 Å². The second kappa shape index (κ2) is 11.3. The molecule has 2 N–H and O–H groups in total. The maximum Gasteiger partial charge on any atom is 0.225 e. The first-order valence-electron chi connectivity index (χ1n) is 11.3. The predicted octanol–water partition coefficient (Wildman–Crippen LogP) is 2.16. The third kappa shape index (κ3) is 6.28. The van der Waals surface area contributed by atoms with Gasteiger partial charge in [-0.1, -0.05) is 12.8 Å². The molecule has 6 nitrogen and oxygen atoms in total. The van der Waals surface area contributed by atoms with E-state index < -0.39 is 0 Å². The number of hydrogen-bond donors (Lipinski definition) is 2. The molecule has 3 rings (SSSR count). The number of piperazine rings is 1. The van der Waals surface area contributed by atoms with Gasteiger partial charge in [0.25, 0.3) is 0 Å². The fourth-order valence-corrected chi connectivity index (χ4v) is 5.24. The van der Waals surface area contributed by atoms with Gasteiger partial charge in [0.1, 0.15) is 0 Å². The maximum absolute atomic E-state index is 12.4. The summed E-state index contributed by atoms with van der Waals surface area (Å²) in [5.74, 6) is 1.70. The van der Waals surface area contributed by atoms with Crippen LogP contribution in [-0.4, -0.2) is 85.0 Å². The van der Waals surface area contributed by atoms with E-state index in [9.17, 15) is 4.79 Å². The van der Waals surface area contributed by atoms with Gasteiger partial charge < -0.3 is 15.5 Å². The van der Waals surface area contributed by atoms with Crippen LogP contribution in [0.5, 0.6) is 0 Å². The number of nitrogens with one attached hydrogen (secondary N) is 2. The standard InChI is InChI=1S/C21H39N5OS/c1-3-22-21(24-18-8-5-9-19(16-18)28-2)23-10-11-25-12-14-26(15-13-25)20(27)17-6-4-7-17/h17-19H,3-16H2,1-2H3,(H2,22,23,24). The molecule has 2 saturated carbocycles. The molecule has 1 heterocycles. The monoisotopic (exact) mass is 409 g/mol. The molecule has 1 saturated heterocycles. The summed E-state index contributed by atoms with van der Waals surface area (Å²) < 4.78 is 0. The van der Waals surface area contributed by atoms with Gasteiger partial charge in [0.2, 0.25) is 5.91 Å². The van der Waals surface area contributed by atoms with E-state index in [2.05, 4.69) is 33.6 Å². The minimum atomic E-state index is 0.329. The van der Waals surface area contributed by atoms with Gasteiger partial charge >= 0.3 is 0 Å². The van der Waals surface area contributed by atoms with Gasteiger partial charge in [0, 0.05) is 56.5 Å². The van der Waals surface area contributed by atoms with Crippen molar-refractivity contribution in [2.24, 2.45) is 10.9 Å². The minimum absolute atomic E-state index is 0.329. The molecule has 0 radical (unpaired) electrons. The number of aliphatic imine (C=N–C) groups is 1. The average molecular weight is 410 g/mol. The highest BCUT2D eigenvalue weighted by atomic mass is 32.2. The summed E-state index contributed by atoms with van der Waals surface area (Å²) in [6.45, 7) is 8.54. The summed E-state index contributed by atoms with van der Waals surface area (Å²) in [4.78, 5) is 21.7. The van der Waals surface area contributed by atoms with E-state index in [1.54, 1.807) is 0 Å². The second-order valence-electron chi connectivity index (χ2n) is 8.42. The Hall–Kier alpha value is -0.950. The van der Waals surface area contributed by atoms with E-state index in [0.29, 0.717) is 17.9 Å². The molecule has 2 atom stereocenters. The molecule has 1 amide bonds. The molecule has 0 aromatic rings. The molecule has 0 aromatic heterocycles. The lowest BCUT2D eigenvalue weighted by molar-refractivity contribution is -0.139. The Morgan fingerprint density at radius 2 is 1.86 bits per heavy atom. The Balaban J connectivity index is 1.38. The van der Waals surface area contributed by atoms with Crippen LogP contribution in [0.15, 0.2) is 4.99 Å². The van der Waals surface area contributed by atoms with Crippen LogP contribution in [0.2, 0.25) is 0 Å². The Morgan fingerprint density at radius 1 is 1.11 bits per heavy atom. The third-order valence-corrected chi connectivity index (χ3v) is 7.56. The van der Waals surface area contributed by atoms with E-state index >= 15 is 0 Å². The fraction of sp³-hybridized carbons (Fsp3) is 0.905. The van der Waals surface area contributed by atoms with E-state index in [-0.39, 0.29) is 0 Å². The predicted molar refractivity (Wildman–Crippen MR) is 119 cm³/mol. The maximum atomic E-state index is 12.4. The third-order valence-electron chi connectivity index (χ3n) is 6.47. The number of carbonyl (C=O) groups is 1. The quantitative estimate of drug-likeness (QED) is 0.498. The SMILES string of the molecule is CCNC(=NCCN1CCN(C(=O)C2CCC2)CC1)NC1CCCC(SC)C1. The summed E-state index contributed by atoms with van der Waals surface area (Å²) in [5, 5.41) is 7.85. The van der Waals surface area contributed by atoms with E-state index in [4.69, 9.17) is 4.99 Å². The molecule has 0 spiro atoms. The second-order valence-corrected chi connectivity index (χ2v) is 9.56. The van der Waals surface area contributed by atoms with E-state index in [1.165, 1.54) is 32.1 Å². The summed E-state index contributed by atoms with van der Waals surface area (Å²) in [5.41, 5.74) is 0. The van der Waals surface area contributed by atoms with Gasteiger partial charge in [0.15, 0.2) is 5.96 Å². The van der Waals surface area contributed by atoms with Gasteiger partial charge in [-0.15, -0.1) is 0 Å². The van der Waals surface area contributed by atoms with Crippen molar-refractivity contribution in [3.63, 3.8) is 0 Å². The zero-order chi connectivity index (χ0) is 19.8. The lowest BCUT2D eigenvalue weighted by Crippen LogP contribution is -2.51. The summed E-state index contributed by atoms with van der Waals surface area (Å²) >= 11 is 2.00. The Kier molecular flexibility index (Phi) is 8.77. The van der Waals surface area contributed by atoms with Crippen LogP contribution in [-0.2, 0) is 4.79 Å². The van der Waals surface area contributed by atoms with Crippen LogP contribution in [0.4, 0.5) is 0 Å². The molecule has 3 fully saturated rings. The van der Waals surface area contributed by atoms with Crippen molar-refractivity contribution in [2.45, 2.75) is 63.2 Å². The average Bonchev–Trinajstić information content (AvgIpc) is 2.67. The van der Waals surface area contributed by atoms with Gasteiger partial charge in [-0.3, -0.25) is 14.7 Å². The van der Waals surface area contributed by atoms with E-state index in [1.807, 2.05) is 11.8 Å². The van der Waals surface area contributed by atoms with Crippen LogP contribution < -0.4 is 10.6 Å². The van der Waals surface area contributed by atoms with Crippen molar-refractivity contribution in [2.75, 3.05) is 52.1 Å². The number of thioether (sulfide) groups is 1. The lowest BCUT2D eigenvalue weighted by Gasteiger charge is -2.38. The molecule has 28 heavy (non-hydrogen) atoms. The van der Waals surface area contributed by atoms with Gasteiger partial charge in [-0.2, -0.15) is 11.8 Å². The highest BCUT2D eigenvalue weighted by Crippen LogP contribution is 2.28. The largest absolute Gasteiger partial charge is 0.357 e. The molecule has 0 aromatic carbocycles. The van der Waals surface area contributed by atoms with Crippen LogP contribution in [0.25, 0.3) is 0 Å². The summed E-state index contributed by atoms with van der Waals surface area (Å²) in [6.07, 6.45) is 10.8. The summed E-state index contributed by atoms with van der Waals surface area (Å²) in [6, 6.07) is 0.546. The summed E-state index contributed by atoms with van der Waals surface area (Å²) in [7, 11) is 0. The molecule has 7 heteroatoms. The molecular formula is C21H39N5OS. The number of nitrogens with zero attached hydrogens (tertiary/aromatic N) is 3. The normalized spacial score (nSPS) is 27.4. The van der Waals surface area contributed by atoms with Crippen LogP contribution >= 0.6 is 11.8 Å². The first-order valence-corrected chi connectivity index (χ1v) is 12.6. The van der Waals surface area contributed by atoms with Crippen molar-refractivity contribution >= 4 is 23.6 Å². The topological polar surface area (TPSA) is 60.0 Å². The van der Waals surface area contributed by atoms with Crippen molar-refractivity contribution in [3.05, 3.63) is 0 Å². The van der Waals surface area contributed by atoms with Crippen molar-refractivity contribution < 1.29 is 4.79 Å². The minimum Gasteiger partial charge on any atom is -0.357 e. The van der Waals surface area contributed by atoms with Crippen molar-refractivity contribution in [1.82, 2.24) is 20.4 Å². The number of carbonyl (C=O) groups excluding carboxylic acids is 1. The highest BCUT2D eigenvalue weighted by Gasteiger charge is 2.31. The fourth-order valence-electron chi connectivity index (χ4n) is 4.41. The Labute approximate surface area is 175 Å². The number of hydrogen-bond acceptors (Lipinski definition) is 4. The van der Waals surface area contributed by atoms with Crippen LogP contribution in [0.1, 0.15) is 51.9 Å². The van der Waals surface area contributed by atoms with Crippen LogP contribution in [0, 0.1) is 5.92 Å². The molecule has 2 aliphatic carbocycles. The molecule has 3 aliphatic rings. The number of guanidine groups is 1. The Bertz CT molecular complexity index is 517. The van der Waals surface area contributed by atoms with Crippen molar-refractivity contribution in [3.8, 4) is 0 Å². The molecule has 1 aliphatic heterocycles. The smallest absolute Gasteiger partial charge is 0.225 e. The lowest BCUT2D eigenvalue weighted by atomic mass is 9.84. The zero-order valence-corrected chi connectivity index (χ0v) is 18.6. The first-order chi connectivity index (χ1) is 13.7. The number of rotatable bonds is 7. The number of amides is 1. The zero-order valence-electron chi connectivity index (χ0n) is 17.8. The molecule has 0 bridgehead atoms. The first kappa shape index (κ1) is 21.8. The molecule has 160 valence electrons. The van der Waals surface area contributed by atoms with Gasteiger partial charge in [-0.05, 0) is 45.3 Å². The van der Waals surface area contributed by atoms with Gasteiger partial charge in [0.05, 0.1) is 6.54 Å².